The average molecular weight is 682 g/mol. The third-order valence-electron chi connectivity index (χ3n) is 7.16. The molecule has 10 nitrogen and oxygen atoms in total. The number of carboxylic acids is 1. The molecule has 4 aromatic carbocycles. The molecule has 0 radical (unpaired) electrons. The third-order valence-corrected chi connectivity index (χ3v) is 7.74. The minimum absolute atomic E-state index is 0.0673. The summed E-state index contributed by atoms with van der Waals surface area (Å²) >= 11 is 0. The van der Waals surface area contributed by atoms with Gasteiger partial charge in [-0.05, 0) is 72.0 Å². The summed E-state index contributed by atoms with van der Waals surface area (Å²) in [6.07, 6.45) is 1.68. The Morgan fingerprint density at radius 2 is 1.60 bits per heavy atom. The van der Waals surface area contributed by atoms with Crippen LogP contribution in [0.25, 0.3) is 0 Å². The molecule has 4 aromatic rings. The zero-order valence-corrected chi connectivity index (χ0v) is 27.3. The van der Waals surface area contributed by atoms with Crippen molar-refractivity contribution in [2.75, 3.05) is 29.4 Å². The largest absolute Gasteiger partial charge is 0.493 e. The minimum Gasteiger partial charge on any atom is -0.493 e. The molecule has 48 heavy (non-hydrogen) atoms. The number of halogens is 2. The molecule has 0 saturated carbocycles. The molecule has 0 atom stereocenters. The van der Waals surface area contributed by atoms with Gasteiger partial charge in [-0.3, -0.25) is 14.3 Å². The van der Waals surface area contributed by atoms with Crippen LogP contribution in [-0.4, -0.2) is 44.8 Å². The van der Waals surface area contributed by atoms with Gasteiger partial charge in [-0.15, -0.1) is 0 Å². The van der Waals surface area contributed by atoms with E-state index in [1.54, 1.807) is 43.3 Å². The molecule has 254 valence electrons. The van der Waals surface area contributed by atoms with Crippen LogP contribution in [0.2, 0.25) is 0 Å². The monoisotopic (exact) mass is 681 g/mol. The molecule has 0 aliphatic rings. The Morgan fingerprint density at radius 3 is 2.31 bits per heavy atom. The number of carbonyl (C=O) groups is 2. The maximum atomic E-state index is 14.4. The van der Waals surface area contributed by atoms with Crippen molar-refractivity contribution in [2.24, 2.45) is 0 Å². The van der Waals surface area contributed by atoms with Gasteiger partial charge in [0, 0.05) is 43.8 Å². The zero-order chi connectivity index (χ0) is 34.7. The van der Waals surface area contributed by atoms with Gasteiger partial charge in [-0.25, -0.2) is 17.2 Å². The summed E-state index contributed by atoms with van der Waals surface area (Å²) in [5, 5.41) is 14.5. The Labute approximate surface area is 278 Å². The van der Waals surface area contributed by atoms with Gasteiger partial charge in [0.15, 0.2) is 0 Å². The topological polar surface area (TPSA) is 143 Å². The van der Waals surface area contributed by atoms with Crippen molar-refractivity contribution in [1.82, 2.24) is 5.32 Å². The van der Waals surface area contributed by atoms with E-state index in [1.807, 2.05) is 24.3 Å². The molecule has 0 heterocycles. The van der Waals surface area contributed by atoms with Crippen molar-refractivity contribution >= 4 is 33.3 Å². The normalized spacial score (nSPS) is 11.1. The highest BCUT2D eigenvalue weighted by Crippen LogP contribution is 2.32. The maximum Gasteiger partial charge on any atom is 0.305 e. The number of rotatable bonds is 17. The van der Waals surface area contributed by atoms with Crippen molar-refractivity contribution in [3.63, 3.8) is 0 Å². The van der Waals surface area contributed by atoms with Gasteiger partial charge in [0.2, 0.25) is 15.9 Å². The molecule has 0 fully saturated rings. The number of aliphatic carboxylic acids is 1. The van der Waals surface area contributed by atoms with E-state index in [2.05, 4.69) is 15.4 Å². The Hall–Kier alpha value is -5.17. The molecule has 0 aromatic heterocycles. The molecule has 4 rings (SSSR count). The maximum absolute atomic E-state index is 14.4. The smallest absolute Gasteiger partial charge is 0.305 e. The van der Waals surface area contributed by atoms with E-state index >= 15 is 0 Å². The van der Waals surface area contributed by atoms with Crippen LogP contribution in [-0.2, 0) is 32.6 Å². The standard InChI is InChI=1S/C35H37F2N3O7S/c1-23-32(15-11-26(35(23)40-48(2,44)45)19-25-10-12-27(36)20-31(25)37)39-22-24-8-13-28(14-9-24)47-30-6-3-5-29(21-30)46-18-4-7-33(41)38-17-16-34(42)43/h3,5-6,8-15,20-21,39-40H,4,7,16-19,22H2,1-2H3,(H,38,41)(H,42,43). The van der Waals surface area contributed by atoms with Gasteiger partial charge in [-0.2, -0.15) is 0 Å². The van der Waals surface area contributed by atoms with Crippen LogP contribution >= 0.6 is 0 Å². The number of ether oxygens (including phenoxy) is 2. The Morgan fingerprint density at radius 1 is 0.875 bits per heavy atom. The van der Waals surface area contributed by atoms with E-state index in [0.717, 1.165) is 24.0 Å². The van der Waals surface area contributed by atoms with Crippen molar-refractivity contribution < 1.29 is 41.4 Å². The second kappa shape index (κ2) is 16.6. The molecule has 0 saturated heterocycles. The van der Waals surface area contributed by atoms with Crippen LogP contribution in [0.15, 0.2) is 78.9 Å². The van der Waals surface area contributed by atoms with Crippen LogP contribution in [0, 0.1) is 18.6 Å². The fraction of sp³-hybridized carbons (Fsp3) is 0.257. The van der Waals surface area contributed by atoms with Gasteiger partial charge >= 0.3 is 5.97 Å². The summed E-state index contributed by atoms with van der Waals surface area (Å²) in [4.78, 5) is 22.3. The van der Waals surface area contributed by atoms with Crippen LogP contribution in [0.1, 0.15) is 41.5 Å². The number of anilines is 2. The first kappa shape index (κ1) is 35.7. The number of amides is 1. The summed E-state index contributed by atoms with van der Waals surface area (Å²) < 4.78 is 66.3. The van der Waals surface area contributed by atoms with Crippen molar-refractivity contribution in [1.29, 1.82) is 0 Å². The number of benzene rings is 4. The first-order chi connectivity index (χ1) is 22.9. The third kappa shape index (κ3) is 11.3. The first-order valence-electron chi connectivity index (χ1n) is 15.1. The van der Waals surface area contributed by atoms with Gasteiger partial charge in [0.05, 0.1) is 25.0 Å². The van der Waals surface area contributed by atoms with Gasteiger partial charge in [-0.1, -0.05) is 30.3 Å². The highest BCUT2D eigenvalue weighted by molar-refractivity contribution is 7.92. The van der Waals surface area contributed by atoms with Gasteiger partial charge < -0.3 is 25.2 Å². The van der Waals surface area contributed by atoms with Gasteiger partial charge in [0.25, 0.3) is 0 Å². The fourth-order valence-corrected chi connectivity index (χ4v) is 5.42. The summed E-state index contributed by atoms with van der Waals surface area (Å²) in [6, 6.07) is 21.3. The lowest BCUT2D eigenvalue weighted by Crippen LogP contribution is -2.26. The molecule has 4 N–H and O–H groups in total. The minimum atomic E-state index is -3.65. The number of nitrogens with one attached hydrogen (secondary N) is 3. The Bertz CT molecular complexity index is 1850. The molecule has 0 bridgehead atoms. The van der Waals surface area contributed by atoms with Crippen LogP contribution in [0.4, 0.5) is 20.2 Å². The van der Waals surface area contributed by atoms with E-state index in [-0.39, 0.29) is 37.3 Å². The lowest BCUT2D eigenvalue weighted by Gasteiger charge is -2.19. The SMILES string of the molecule is Cc1c(NCc2ccc(Oc3cccc(OCCCC(=O)NCCC(=O)O)c3)cc2)ccc(Cc2ccc(F)cc2F)c1NS(C)(=O)=O. The number of carboxylic acid groups (broad SMARTS) is 1. The first-order valence-corrected chi connectivity index (χ1v) is 17.0. The summed E-state index contributed by atoms with van der Waals surface area (Å²) in [6.45, 7) is 2.58. The molecule has 13 heteroatoms. The number of hydrogen-bond acceptors (Lipinski definition) is 7. The number of sulfonamides is 1. The van der Waals surface area contributed by atoms with Crippen molar-refractivity contribution in [2.45, 2.75) is 39.2 Å². The second-order valence-corrected chi connectivity index (χ2v) is 12.8. The number of carbonyl (C=O) groups excluding carboxylic acids is 1. The van der Waals surface area contributed by atoms with Crippen molar-refractivity contribution in [3.05, 3.63) is 113 Å². The number of hydrogen-bond donors (Lipinski definition) is 4. The molecule has 0 unspecified atom stereocenters. The van der Waals surface area contributed by atoms with E-state index in [9.17, 15) is 26.8 Å². The quantitative estimate of drug-likeness (QED) is 0.0940. The summed E-state index contributed by atoms with van der Waals surface area (Å²) in [7, 11) is -3.65. The molecular formula is C35H37F2N3O7S. The lowest BCUT2D eigenvalue weighted by atomic mass is 9.99. The Balaban J connectivity index is 1.33. The lowest BCUT2D eigenvalue weighted by molar-refractivity contribution is -0.136. The van der Waals surface area contributed by atoms with E-state index in [4.69, 9.17) is 14.6 Å². The van der Waals surface area contributed by atoms with E-state index < -0.39 is 27.6 Å². The van der Waals surface area contributed by atoms with E-state index in [0.29, 0.717) is 59.3 Å². The van der Waals surface area contributed by atoms with E-state index in [1.165, 1.54) is 6.07 Å². The predicted octanol–water partition coefficient (Wildman–Crippen LogP) is 6.39. The van der Waals surface area contributed by atoms with Crippen LogP contribution < -0.4 is 24.8 Å². The molecule has 0 spiro atoms. The van der Waals surface area contributed by atoms with Gasteiger partial charge in [0.1, 0.15) is 28.9 Å². The molecular weight excluding hydrogens is 644 g/mol. The molecule has 1 amide bonds. The summed E-state index contributed by atoms with van der Waals surface area (Å²) in [5.41, 5.74) is 3.35. The predicted molar refractivity (Wildman–Crippen MR) is 179 cm³/mol. The average Bonchev–Trinajstić information content (AvgIpc) is 3.02. The van der Waals surface area contributed by atoms with Crippen LogP contribution in [0.5, 0.6) is 17.2 Å². The second-order valence-electron chi connectivity index (χ2n) is 11.1. The van der Waals surface area contributed by atoms with Crippen LogP contribution in [0.3, 0.4) is 0 Å². The summed E-state index contributed by atoms with van der Waals surface area (Å²) in [5.74, 6) is -0.854. The van der Waals surface area contributed by atoms with Crippen molar-refractivity contribution in [3.8, 4) is 17.2 Å². The highest BCUT2D eigenvalue weighted by atomic mass is 32.2. The highest BCUT2D eigenvalue weighted by Gasteiger charge is 2.16. The zero-order valence-electron chi connectivity index (χ0n) is 26.5. The fourth-order valence-electron chi connectivity index (χ4n) is 4.76. The molecule has 0 aliphatic heterocycles. The Kier molecular flexibility index (Phi) is 12.3. The molecule has 0 aliphatic carbocycles.